The van der Waals surface area contributed by atoms with Crippen LogP contribution in [0.2, 0.25) is 0 Å². The van der Waals surface area contributed by atoms with Crippen molar-refractivity contribution in [1.29, 1.82) is 0 Å². The number of nitrogens with two attached hydrogens (primary N) is 1. The summed E-state index contributed by atoms with van der Waals surface area (Å²) in [7, 11) is 2.24. The lowest BCUT2D eigenvalue weighted by atomic mass is 9.69. The minimum atomic E-state index is -0.610. The number of amides is 2. The fourth-order valence-corrected chi connectivity index (χ4v) is 6.93. The van der Waals surface area contributed by atoms with E-state index >= 15 is 0 Å². The summed E-state index contributed by atoms with van der Waals surface area (Å²) in [6.45, 7) is 5.05. The summed E-state index contributed by atoms with van der Waals surface area (Å²) >= 11 is 0. The third-order valence-electron chi connectivity index (χ3n) is 9.23. The highest BCUT2D eigenvalue weighted by Gasteiger charge is 2.50. The molecule has 3 N–H and O–H groups in total. The van der Waals surface area contributed by atoms with E-state index in [-0.39, 0.29) is 17.9 Å². The van der Waals surface area contributed by atoms with Gasteiger partial charge < -0.3 is 15.5 Å². The molecule has 0 aromatic heterocycles. The predicted molar refractivity (Wildman–Crippen MR) is 120 cm³/mol. The van der Waals surface area contributed by atoms with Gasteiger partial charge in [0.2, 0.25) is 11.8 Å². The van der Waals surface area contributed by atoms with Crippen LogP contribution in [0.15, 0.2) is 0 Å². The first kappa shape index (κ1) is 21.7. The van der Waals surface area contributed by atoms with Crippen molar-refractivity contribution in [2.24, 2.45) is 23.5 Å². The summed E-state index contributed by atoms with van der Waals surface area (Å²) in [5.74, 6) is 2.23. The monoisotopic (exact) mass is 431 g/mol. The molecule has 2 amide bonds. The number of nitrogens with one attached hydrogen (secondary N) is 1. The zero-order valence-electron chi connectivity index (χ0n) is 19.4. The molecule has 2 saturated heterocycles. The van der Waals surface area contributed by atoms with Gasteiger partial charge in [-0.05, 0) is 83.6 Å². The first-order chi connectivity index (χ1) is 14.9. The SMILES string of the molecule is C[C@H]1CN(C(=O)C2CCC(C3CCC4C(C3)NCN4C)CC2)CCN1C(=O)C1(N)CC1. The molecule has 31 heavy (non-hydrogen) atoms. The number of piperazine rings is 1. The standard InChI is InChI=1S/C24H41N5O2/c1-16-14-28(11-12-29(16)23(31)24(25)9-10-24)22(30)18-5-3-17(4-6-18)19-7-8-21-20(13-19)26-15-27(21)2/h16-21,26H,3-15,25H2,1-2H3/t16-,17?,18?,19?,20?,21?/m0/s1. The van der Waals surface area contributed by atoms with Gasteiger partial charge in [-0.2, -0.15) is 0 Å². The number of carbonyl (C=O) groups is 2. The van der Waals surface area contributed by atoms with Gasteiger partial charge in [-0.3, -0.25) is 19.8 Å². The van der Waals surface area contributed by atoms with Gasteiger partial charge in [-0.1, -0.05) is 0 Å². The Kier molecular flexibility index (Phi) is 5.80. The number of hydrogen-bond donors (Lipinski definition) is 2. The maximum atomic E-state index is 13.2. The highest BCUT2D eigenvalue weighted by molar-refractivity contribution is 5.89. The lowest BCUT2D eigenvalue weighted by molar-refractivity contribution is -0.146. The summed E-state index contributed by atoms with van der Waals surface area (Å²) in [5.41, 5.74) is 5.52. The van der Waals surface area contributed by atoms with E-state index in [0.29, 0.717) is 31.6 Å². The lowest BCUT2D eigenvalue weighted by Crippen LogP contribution is -2.60. The van der Waals surface area contributed by atoms with Crippen molar-refractivity contribution < 1.29 is 9.59 Å². The Morgan fingerprint density at radius 2 is 1.71 bits per heavy atom. The zero-order chi connectivity index (χ0) is 21.8. The Balaban J connectivity index is 1.09. The fraction of sp³-hybridized carbons (Fsp3) is 0.917. The van der Waals surface area contributed by atoms with E-state index in [4.69, 9.17) is 5.73 Å². The van der Waals surface area contributed by atoms with E-state index in [1.165, 1.54) is 32.1 Å². The molecule has 0 aromatic rings. The van der Waals surface area contributed by atoms with Crippen LogP contribution in [0.4, 0.5) is 0 Å². The summed E-state index contributed by atoms with van der Waals surface area (Å²) in [6, 6.07) is 1.47. The predicted octanol–water partition coefficient (Wildman–Crippen LogP) is 1.37. The van der Waals surface area contributed by atoms with Crippen molar-refractivity contribution in [2.45, 2.75) is 88.4 Å². The Bertz CT molecular complexity index is 702. The average molecular weight is 432 g/mol. The minimum Gasteiger partial charge on any atom is -0.339 e. The molecule has 5 aliphatic rings. The van der Waals surface area contributed by atoms with Crippen LogP contribution in [0.5, 0.6) is 0 Å². The molecule has 4 atom stereocenters. The molecule has 5 fully saturated rings. The molecular weight excluding hydrogens is 390 g/mol. The zero-order valence-corrected chi connectivity index (χ0v) is 19.4. The number of rotatable bonds is 3. The molecule has 0 radical (unpaired) electrons. The molecule has 3 saturated carbocycles. The first-order valence-electron chi connectivity index (χ1n) is 12.7. The third-order valence-corrected chi connectivity index (χ3v) is 9.23. The second-order valence-electron chi connectivity index (χ2n) is 11.3. The van der Waals surface area contributed by atoms with Crippen molar-refractivity contribution in [3.63, 3.8) is 0 Å². The Morgan fingerprint density at radius 1 is 1.00 bits per heavy atom. The van der Waals surface area contributed by atoms with E-state index in [0.717, 1.165) is 50.2 Å². The fourth-order valence-electron chi connectivity index (χ4n) is 6.93. The second kappa shape index (κ2) is 8.31. The van der Waals surface area contributed by atoms with Gasteiger partial charge in [0.05, 0.1) is 5.54 Å². The second-order valence-corrected chi connectivity index (χ2v) is 11.3. The number of carbonyl (C=O) groups excluding carboxylic acids is 2. The van der Waals surface area contributed by atoms with Gasteiger partial charge in [-0.15, -0.1) is 0 Å². The average Bonchev–Trinajstić information content (AvgIpc) is 3.44. The number of likely N-dealkylation sites (N-methyl/N-ethyl adjacent to an activating group) is 1. The van der Waals surface area contributed by atoms with Crippen LogP contribution in [0.1, 0.15) is 64.7 Å². The maximum absolute atomic E-state index is 13.2. The summed E-state index contributed by atoms with van der Waals surface area (Å²) in [6.07, 6.45) is 10.1. The topological polar surface area (TPSA) is 81.9 Å². The van der Waals surface area contributed by atoms with E-state index in [9.17, 15) is 9.59 Å². The van der Waals surface area contributed by atoms with E-state index in [2.05, 4.69) is 24.2 Å². The molecule has 2 aliphatic heterocycles. The number of nitrogens with zero attached hydrogens (tertiary/aromatic N) is 3. The van der Waals surface area contributed by atoms with Gasteiger partial charge in [0.15, 0.2) is 0 Å². The highest BCUT2D eigenvalue weighted by Crippen LogP contribution is 2.42. The summed E-state index contributed by atoms with van der Waals surface area (Å²) < 4.78 is 0. The molecule has 3 unspecified atom stereocenters. The van der Waals surface area contributed by atoms with Crippen LogP contribution in [0.3, 0.4) is 0 Å². The summed E-state index contributed by atoms with van der Waals surface area (Å²) in [5, 5.41) is 3.71. The Hall–Kier alpha value is -1.18. The number of fused-ring (bicyclic) bond motifs is 1. The van der Waals surface area contributed by atoms with Gasteiger partial charge >= 0.3 is 0 Å². The van der Waals surface area contributed by atoms with Gasteiger partial charge in [-0.25, -0.2) is 0 Å². The maximum Gasteiger partial charge on any atom is 0.243 e. The molecule has 7 heteroatoms. The van der Waals surface area contributed by atoms with E-state index < -0.39 is 5.54 Å². The molecule has 2 heterocycles. The molecular formula is C24H41N5O2. The van der Waals surface area contributed by atoms with Gasteiger partial charge in [0.1, 0.15) is 0 Å². The third kappa shape index (κ3) is 4.13. The van der Waals surface area contributed by atoms with Crippen LogP contribution in [0, 0.1) is 17.8 Å². The van der Waals surface area contributed by atoms with E-state index in [1.807, 2.05) is 9.80 Å². The molecule has 7 nitrogen and oxygen atoms in total. The van der Waals surface area contributed by atoms with Gasteiger partial charge in [0, 0.05) is 50.3 Å². The molecule has 174 valence electrons. The highest BCUT2D eigenvalue weighted by atomic mass is 16.2. The smallest absolute Gasteiger partial charge is 0.243 e. The Morgan fingerprint density at radius 3 is 2.39 bits per heavy atom. The van der Waals surface area contributed by atoms with E-state index in [1.54, 1.807) is 0 Å². The van der Waals surface area contributed by atoms with Crippen molar-refractivity contribution in [3.05, 3.63) is 0 Å². The minimum absolute atomic E-state index is 0.0646. The molecule has 0 bridgehead atoms. The van der Waals surface area contributed by atoms with Crippen LogP contribution in [0.25, 0.3) is 0 Å². The molecule has 5 rings (SSSR count). The van der Waals surface area contributed by atoms with Crippen LogP contribution in [-0.4, -0.2) is 83.5 Å². The molecule has 3 aliphatic carbocycles. The first-order valence-corrected chi connectivity index (χ1v) is 12.7. The van der Waals surface area contributed by atoms with Crippen LogP contribution >= 0.6 is 0 Å². The number of hydrogen-bond acceptors (Lipinski definition) is 5. The van der Waals surface area contributed by atoms with Crippen molar-refractivity contribution in [3.8, 4) is 0 Å². The van der Waals surface area contributed by atoms with Crippen molar-refractivity contribution >= 4 is 11.8 Å². The normalized spacial score (nSPS) is 40.5. The van der Waals surface area contributed by atoms with Crippen LogP contribution in [-0.2, 0) is 9.59 Å². The Labute approximate surface area is 187 Å². The summed E-state index contributed by atoms with van der Waals surface area (Å²) in [4.78, 5) is 32.3. The van der Waals surface area contributed by atoms with Gasteiger partial charge in [0.25, 0.3) is 0 Å². The quantitative estimate of drug-likeness (QED) is 0.705. The molecule has 0 aromatic carbocycles. The van der Waals surface area contributed by atoms with Crippen LogP contribution < -0.4 is 11.1 Å². The molecule has 0 spiro atoms. The largest absolute Gasteiger partial charge is 0.339 e. The lowest BCUT2D eigenvalue weighted by Gasteiger charge is -2.43. The van der Waals surface area contributed by atoms with Crippen molar-refractivity contribution in [2.75, 3.05) is 33.4 Å². The van der Waals surface area contributed by atoms with Crippen molar-refractivity contribution in [1.82, 2.24) is 20.0 Å².